The molecule has 4 rings (SSSR count). The summed E-state index contributed by atoms with van der Waals surface area (Å²) >= 11 is 6.25. The van der Waals surface area contributed by atoms with Crippen LogP contribution in [0.5, 0.6) is 0 Å². The van der Waals surface area contributed by atoms with Gasteiger partial charge >= 0.3 is 5.97 Å². The van der Waals surface area contributed by atoms with Crippen molar-refractivity contribution in [3.05, 3.63) is 77.4 Å². The number of rotatable bonds is 4. The van der Waals surface area contributed by atoms with Crippen LogP contribution in [0, 0.1) is 0 Å². The van der Waals surface area contributed by atoms with E-state index >= 15 is 0 Å². The average molecular weight is 353 g/mol. The summed E-state index contributed by atoms with van der Waals surface area (Å²) in [6, 6.07) is 17.0. The van der Waals surface area contributed by atoms with Gasteiger partial charge in [0.2, 0.25) is 5.89 Å². The van der Waals surface area contributed by atoms with Crippen LogP contribution in [0.25, 0.3) is 22.2 Å². The van der Waals surface area contributed by atoms with Gasteiger partial charge in [-0.25, -0.2) is 9.78 Å². The van der Waals surface area contributed by atoms with E-state index in [0.717, 1.165) is 16.5 Å². The fraction of sp³-hybridized carbons (Fsp3) is 0.0526. The average Bonchev–Trinajstić information content (AvgIpc) is 3.26. The first-order chi connectivity index (χ1) is 12.2. The number of oxazole rings is 1. The van der Waals surface area contributed by atoms with Gasteiger partial charge < -0.3 is 14.1 Å². The van der Waals surface area contributed by atoms with Crippen molar-refractivity contribution < 1.29 is 13.9 Å². The minimum absolute atomic E-state index is 0.0721. The number of fused-ring (bicyclic) bond motifs is 1. The second kappa shape index (κ2) is 6.45. The highest BCUT2D eigenvalue weighted by molar-refractivity contribution is 6.38. The molecule has 0 saturated carbocycles. The van der Waals surface area contributed by atoms with E-state index in [4.69, 9.17) is 20.8 Å². The lowest BCUT2D eigenvalue weighted by Crippen LogP contribution is -2.06. The predicted molar refractivity (Wildman–Crippen MR) is 94.4 cm³/mol. The van der Waals surface area contributed by atoms with Crippen molar-refractivity contribution >= 4 is 28.5 Å². The number of benzene rings is 2. The fourth-order valence-corrected chi connectivity index (χ4v) is 2.85. The minimum atomic E-state index is -0.555. The first kappa shape index (κ1) is 15.5. The molecule has 0 unspecified atom stereocenters. The standard InChI is InChI=1S/C19H13ClN2O3/c20-17-13-8-4-5-9-14(13)22-18(17)19(23)24-11-16-21-10-15(25-16)12-6-2-1-3-7-12/h1-10,22H,11H2. The maximum absolute atomic E-state index is 12.3. The summed E-state index contributed by atoms with van der Waals surface area (Å²) < 4.78 is 10.9. The molecule has 0 spiro atoms. The Morgan fingerprint density at radius 3 is 2.68 bits per heavy atom. The number of carbonyl (C=O) groups excluding carboxylic acids is 1. The Morgan fingerprint density at radius 1 is 1.12 bits per heavy atom. The highest BCUT2D eigenvalue weighted by atomic mass is 35.5. The topological polar surface area (TPSA) is 68.1 Å². The van der Waals surface area contributed by atoms with Crippen LogP contribution < -0.4 is 0 Å². The number of carbonyl (C=O) groups is 1. The highest BCUT2D eigenvalue weighted by Crippen LogP contribution is 2.28. The Hall–Kier alpha value is -3.05. The smallest absolute Gasteiger partial charge is 0.356 e. The summed E-state index contributed by atoms with van der Waals surface area (Å²) in [5.74, 6) is 0.385. The molecule has 25 heavy (non-hydrogen) atoms. The zero-order valence-corrected chi connectivity index (χ0v) is 13.8. The van der Waals surface area contributed by atoms with Gasteiger partial charge in [0.15, 0.2) is 12.4 Å². The number of para-hydroxylation sites is 1. The van der Waals surface area contributed by atoms with E-state index in [2.05, 4.69) is 9.97 Å². The van der Waals surface area contributed by atoms with Gasteiger partial charge in [-0.2, -0.15) is 0 Å². The molecule has 6 heteroatoms. The van der Waals surface area contributed by atoms with Gasteiger partial charge in [-0.05, 0) is 6.07 Å². The fourth-order valence-electron chi connectivity index (χ4n) is 2.56. The molecule has 0 saturated heterocycles. The monoisotopic (exact) mass is 352 g/mol. The minimum Gasteiger partial charge on any atom is -0.451 e. The van der Waals surface area contributed by atoms with E-state index in [1.807, 2.05) is 54.6 Å². The summed E-state index contributed by atoms with van der Waals surface area (Å²) in [7, 11) is 0. The van der Waals surface area contributed by atoms with Crippen molar-refractivity contribution in [3.63, 3.8) is 0 Å². The molecule has 0 amide bonds. The van der Waals surface area contributed by atoms with Gasteiger partial charge in [0, 0.05) is 16.5 Å². The number of hydrogen-bond acceptors (Lipinski definition) is 4. The van der Waals surface area contributed by atoms with Crippen molar-refractivity contribution in [1.82, 2.24) is 9.97 Å². The van der Waals surface area contributed by atoms with Gasteiger partial charge in [0.05, 0.1) is 11.2 Å². The number of H-pyrrole nitrogens is 1. The Kier molecular flexibility index (Phi) is 3.99. The number of esters is 1. The molecule has 0 aliphatic heterocycles. The lowest BCUT2D eigenvalue weighted by molar-refractivity contribution is 0.0433. The van der Waals surface area contributed by atoms with Gasteiger partial charge in [0.25, 0.3) is 0 Å². The van der Waals surface area contributed by atoms with Gasteiger partial charge in [-0.3, -0.25) is 0 Å². The molecule has 1 N–H and O–H groups in total. The lowest BCUT2D eigenvalue weighted by atomic mass is 10.2. The van der Waals surface area contributed by atoms with Crippen molar-refractivity contribution in [2.75, 3.05) is 0 Å². The Balaban J connectivity index is 1.48. The molecule has 0 aliphatic carbocycles. The molecule has 2 heterocycles. The third-order valence-electron chi connectivity index (χ3n) is 3.79. The second-order valence-electron chi connectivity index (χ2n) is 5.42. The first-order valence-corrected chi connectivity index (χ1v) is 8.03. The van der Waals surface area contributed by atoms with Crippen LogP contribution >= 0.6 is 11.6 Å². The van der Waals surface area contributed by atoms with Crippen LogP contribution in [0.2, 0.25) is 5.02 Å². The van der Waals surface area contributed by atoms with Crippen LogP contribution in [-0.4, -0.2) is 15.9 Å². The normalized spacial score (nSPS) is 10.9. The maximum Gasteiger partial charge on any atom is 0.356 e. The van der Waals surface area contributed by atoms with Crippen LogP contribution in [0.15, 0.2) is 65.2 Å². The molecule has 124 valence electrons. The molecule has 0 bridgehead atoms. The van der Waals surface area contributed by atoms with E-state index in [-0.39, 0.29) is 12.3 Å². The van der Waals surface area contributed by atoms with Gasteiger partial charge in [-0.1, -0.05) is 60.1 Å². The number of nitrogens with one attached hydrogen (secondary N) is 1. The number of nitrogens with zero attached hydrogens (tertiary/aromatic N) is 1. The number of aromatic nitrogens is 2. The maximum atomic E-state index is 12.3. The van der Waals surface area contributed by atoms with Crippen molar-refractivity contribution in [2.24, 2.45) is 0 Å². The summed E-state index contributed by atoms with van der Waals surface area (Å²) in [4.78, 5) is 19.4. The van der Waals surface area contributed by atoms with Crippen molar-refractivity contribution in [1.29, 1.82) is 0 Å². The number of hydrogen-bond donors (Lipinski definition) is 1. The third-order valence-corrected chi connectivity index (χ3v) is 4.18. The van der Waals surface area contributed by atoms with E-state index in [0.29, 0.717) is 16.7 Å². The zero-order chi connectivity index (χ0) is 17.2. The van der Waals surface area contributed by atoms with E-state index in [9.17, 15) is 4.79 Å². The van der Waals surface area contributed by atoms with E-state index in [1.54, 1.807) is 6.20 Å². The first-order valence-electron chi connectivity index (χ1n) is 7.66. The van der Waals surface area contributed by atoms with Crippen LogP contribution in [0.1, 0.15) is 16.4 Å². The number of aromatic amines is 1. The van der Waals surface area contributed by atoms with Crippen molar-refractivity contribution in [2.45, 2.75) is 6.61 Å². The molecule has 0 fully saturated rings. The molecule has 4 aromatic rings. The molecule has 2 aromatic heterocycles. The molecular weight excluding hydrogens is 340 g/mol. The number of halogens is 1. The van der Waals surface area contributed by atoms with Crippen LogP contribution in [0.4, 0.5) is 0 Å². The van der Waals surface area contributed by atoms with E-state index in [1.165, 1.54) is 0 Å². The van der Waals surface area contributed by atoms with Crippen molar-refractivity contribution in [3.8, 4) is 11.3 Å². The summed E-state index contributed by atoms with van der Waals surface area (Å²) in [5, 5.41) is 1.12. The Morgan fingerprint density at radius 2 is 1.88 bits per heavy atom. The molecule has 5 nitrogen and oxygen atoms in total. The second-order valence-corrected chi connectivity index (χ2v) is 5.80. The van der Waals surface area contributed by atoms with E-state index < -0.39 is 5.97 Å². The molecular formula is C19H13ClN2O3. The largest absolute Gasteiger partial charge is 0.451 e. The molecule has 0 aliphatic rings. The summed E-state index contributed by atoms with van der Waals surface area (Å²) in [5.41, 5.74) is 1.91. The lowest BCUT2D eigenvalue weighted by Gasteiger charge is -2.01. The number of ether oxygens (including phenoxy) is 1. The highest BCUT2D eigenvalue weighted by Gasteiger charge is 2.18. The molecule has 2 aromatic carbocycles. The zero-order valence-electron chi connectivity index (χ0n) is 13.0. The predicted octanol–water partition coefficient (Wildman–Crippen LogP) is 4.83. The van der Waals surface area contributed by atoms with Crippen LogP contribution in [0.3, 0.4) is 0 Å². The molecule has 0 atom stereocenters. The Labute approximate surface area is 148 Å². The summed E-state index contributed by atoms with van der Waals surface area (Å²) in [6.45, 7) is -0.0721. The molecule has 0 radical (unpaired) electrons. The van der Waals surface area contributed by atoms with Gasteiger partial charge in [-0.15, -0.1) is 0 Å². The summed E-state index contributed by atoms with van der Waals surface area (Å²) in [6.07, 6.45) is 1.61. The quantitative estimate of drug-likeness (QED) is 0.534. The van der Waals surface area contributed by atoms with Gasteiger partial charge in [0.1, 0.15) is 5.69 Å². The third kappa shape index (κ3) is 3.02. The van der Waals surface area contributed by atoms with Crippen LogP contribution in [-0.2, 0) is 11.3 Å². The SMILES string of the molecule is O=C(OCc1ncc(-c2ccccc2)o1)c1[nH]c2ccccc2c1Cl. The Bertz CT molecular complexity index is 1040.